The second kappa shape index (κ2) is 5.40. The zero-order valence-electron chi connectivity index (χ0n) is 6.35. The van der Waals surface area contributed by atoms with Gasteiger partial charge in [0.2, 0.25) is 0 Å². The van der Waals surface area contributed by atoms with Crippen molar-refractivity contribution in [1.82, 2.24) is 0 Å². The summed E-state index contributed by atoms with van der Waals surface area (Å²) in [7, 11) is 1.45. The highest BCUT2D eigenvalue weighted by Gasteiger charge is 2.27. The van der Waals surface area contributed by atoms with E-state index in [1.807, 2.05) is 0 Å². The van der Waals surface area contributed by atoms with Crippen molar-refractivity contribution in [3.63, 3.8) is 0 Å². The van der Waals surface area contributed by atoms with Crippen LogP contribution < -0.4 is 0 Å². The zero-order valence-corrected chi connectivity index (χ0v) is 6.35. The minimum atomic E-state index is -3.13. The molecule has 0 aromatic heterocycles. The minimum Gasteiger partial charge on any atom is -0.390 e. The molecule has 0 bridgehead atoms. The van der Waals surface area contributed by atoms with Crippen LogP contribution in [0.4, 0.5) is 8.78 Å². The molecule has 0 rings (SSSR count). The number of aliphatic hydroxyl groups is 1. The standard InChI is InChI=1S/C6H12F2O3/c1-10-2-3-11-5-6(7,8)4-9/h9H,2-5H2,1H3. The third-order valence-electron chi connectivity index (χ3n) is 0.976. The van der Waals surface area contributed by atoms with E-state index in [0.29, 0.717) is 0 Å². The van der Waals surface area contributed by atoms with Crippen LogP contribution >= 0.6 is 0 Å². The van der Waals surface area contributed by atoms with Gasteiger partial charge < -0.3 is 14.6 Å². The van der Waals surface area contributed by atoms with Gasteiger partial charge in [-0.15, -0.1) is 0 Å². The highest BCUT2D eigenvalue weighted by Crippen LogP contribution is 2.11. The van der Waals surface area contributed by atoms with E-state index in [2.05, 4.69) is 9.47 Å². The van der Waals surface area contributed by atoms with Crippen LogP contribution in [0, 0.1) is 0 Å². The lowest BCUT2D eigenvalue weighted by Gasteiger charge is -2.12. The van der Waals surface area contributed by atoms with E-state index >= 15 is 0 Å². The lowest BCUT2D eigenvalue weighted by Crippen LogP contribution is -2.28. The van der Waals surface area contributed by atoms with E-state index in [-0.39, 0.29) is 13.2 Å². The summed E-state index contributed by atoms with van der Waals surface area (Å²) in [6.45, 7) is -1.54. The molecule has 0 fully saturated rings. The Hall–Kier alpha value is -0.260. The van der Waals surface area contributed by atoms with Crippen LogP contribution in [0.2, 0.25) is 0 Å². The van der Waals surface area contributed by atoms with Crippen molar-refractivity contribution >= 4 is 0 Å². The molecule has 0 heterocycles. The first kappa shape index (κ1) is 10.7. The van der Waals surface area contributed by atoms with Crippen LogP contribution in [0.15, 0.2) is 0 Å². The number of halogens is 2. The van der Waals surface area contributed by atoms with Crippen molar-refractivity contribution in [3.05, 3.63) is 0 Å². The van der Waals surface area contributed by atoms with Gasteiger partial charge in [-0.25, -0.2) is 8.78 Å². The average molecular weight is 170 g/mol. The smallest absolute Gasteiger partial charge is 0.293 e. The Morgan fingerprint density at radius 2 is 2.00 bits per heavy atom. The van der Waals surface area contributed by atoms with Crippen LogP contribution in [0.5, 0.6) is 0 Å². The second-order valence-electron chi connectivity index (χ2n) is 2.06. The average Bonchev–Trinajstić information content (AvgIpc) is 1.99. The maximum Gasteiger partial charge on any atom is 0.293 e. The maximum absolute atomic E-state index is 12.2. The highest BCUT2D eigenvalue weighted by molar-refractivity contribution is 4.61. The quantitative estimate of drug-likeness (QED) is 0.582. The molecule has 0 aromatic carbocycles. The number of methoxy groups -OCH3 is 1. The second-order valence-corrected chi connectivity index (χ2v) is 2.06. The molecule has 0 unspecified atom stereocenters. The summed E-state index contributed by atoms with van der Waals surface area (Å²) in [6.07, 6.45) is 0. The molecule has 68 valence electrons. The predicted molar refractivity (Wildman–Crippen MR) is 34.7 cm³/mol. The third kappa shape index (κ3) is 6.15. The highest BCUT2D eigenvalue weighted by atomic mass is 19.3. The fraction of sp³-hybridized carbons (Fsp3) is 1.00. The van der Waals surface area contributed by atoms with E-state index in [9.17, 15) is 8.78 Å². The van der Waals surface area contributed by atoms with Gasteiger partial charge in [-0.3, -0.25) is 0 Å². The molecular weight excluding hydrogens is 158 g/mol. The van der Waals surface area contributed by atoms with E-state index in [4.69, 9.17) is 5.11 Å². The summed E-state index contributed by atoms with van der Waals surface area (Å²) < 4.78 is 33.4. The molecule has 3 nitrogen and oxygen atoms in total. The molecule has 0 atom stereocenters. The monoisotopic (exact) mass is 170 g/mol. The van der Waals surface area contributed by atoms with Gasteiger partial charge in [-0.2, -0.15) is 0 Å². The molecule has 0 aliphatic rings. The molecule has 0 aromatic rings. The van der Waals surface area contributed by atoms with Gasteiger partial charge in [0.05, 0.1) is 13.2 Å². The van der Waals surface area contributed by atoms with Crippen molar-refractivity contribution < 1.29 is 23.4 Å². The summed E-state index contributed by atoms with van der Waals surface area (Å²) in [5.74, 6) is -3.13. The Morgan fingerprint density at radius 1 is 1.36 bits per heavy atom. The molecule has 0 saturated heterocycles. The topological polar surface area (TPSA) is 38.7 Å². The van der Waals surface area contributed by atoms with Crippen molar-refractivity contribution in [2.24, 2.45) is 0 Å². The van der Waals surface area contributed by atoms with Crippen molar-refractivity contribution in [1.29, 1.82) is 0 Å². The number of rotatable bonds is 6. The summed E-state index contributed by atoms with van der Waals surface area (Å²) in [6, 6.07) is 0. The number of ether oxygens (including phenoxy) is 2. The SMILES string of the molecule is COCCOCC(F)(F)CO. The predicted octanol–water partition coefficient (Wildman–Crippen LogP) is 0.277. The number of alkyl halides is 2. The van der Waals surface area contributed by atoms with Crippen LogP contribution in [0.1, 0.15) is 0 Å². The fourth-order valence-corrected chi connectivity index (χ4v) is 0.409. The Kier molecular flexibility index (Phi) is 5.27. The number of aliphatic hydroxyl groups excluding tert-OH is 1. The van der Waals surface area contributed by atoms with Gasteiger partial charge in [0.1, 0.15) is 13.2 Å². The van der Waals surface area contributed by atoms with E-state index in [1.54, 1.807) is 0 Å². The van der Waals surface area contributed by atoms with E-state index in [0.717, 1.165) is 0 Å². The summed E-state index contributed by atoms with van der Waals surface area (Å²) in [4.78, 5) is 0. The first-order valence-electron chi connectivity index (χ1n) is 3.18. The summed E-state index contributed by atoms with van der Waals surface area (Å²) in [5, 5.41) is 8.09. The molecule has 0 spiro atoms. The van der Waals surface area contributed by atoms with Gasteiger partial charge in [0.15, 0.2) is 0 Å². The van der Waals surface area contributed by atoms with Crippen LogP contribution in [0.3, 0.4) is 0 Å². The van der Waals surface area contributed by atoms with Gasteiger partial charge in [-0.1, -0.05) is 0 Å². The molecule has 0 aliphatic carbocycles. The van der Waals surface area contributed by atoms with E-state index in [1.165, 1.54) is 7.11 Å². The lowest BCUT2D eigenvalue weighted by atomic mass is 10.4. The Morgan fingerprint density at radius 3 is 2.45 bits per heavy atom. The largest absolute Gasteiger partial charge is 0.390 e. The molecule has 0 radical (unpaired) electrons. The summed E-state index contributed by atoms with van der Waals surface area (Å²) in [5.41, 5.74) is 0. The van der Waals surface area contributed by atoms with Gasteiger partial charge in [0.25, 0.3) is 5.92 Å². The Balaban J connectivity index is 3.23. The van der Waals surface area contributed by atoms with Crippen molar-refractivity contribution in [3.8, 4) is 0 Å². The summed E-state index contributed by atoms with van der Waals surface area (Å²) >= 11 is 0. The molecule has 1 N–H and O–H groups in total. The lowest BCUT2D eigenvalue weighted by molar-refractivity contribution is -0.111. The Labute approximate surface area is 63.9 Å². The molecular formula is C6H12F2O3. The van der Waals surface area contributed by atoms with E-state index < -0.39 is 19.1 Å². The molecule has 0 amide bonds. The number of hydrogen-bond donors (Lipinski definition) is 1. The van der Waals surface area contributed by atoms with Crippen molar-refractivity contribution in [2.45, 2.75) is 5.92 Å². The zero-order chi connectivity index (χ0) is 8.74. The van der Waals surface area contributed by atoms with Crippen LogP contribution in [-0.2, 0) is 9.47 Å². The Bertz CT molecular complexity index is 97.8. The van der Waals surface area contributed by atoms with Gasteiger partial charge in [0, 0.05) is 7.11 Å². The number of hydrogen-bond acceptors (Lipinski definition) is 3. The van der Waals surface area contributed by atoms with Gasteiger partial charge in [-0.05, 0) is 0 Å². The normalized spacial score (nSPS) is 12.0. The molecule has 0 saturated carbocycles. The maximum atomic E-state index is 12.2. The van der Waals surface area contributed by atoms with Crippen molar-refractivity contribution in [2.75, 3.05) is 33.5 Å². The van der Waals surface area contributed by atoms with Gasteiger partial charge >= 0.3 is 0 Å². The third-order valence-corrected chi connectivity index (χ3v) is 0.976. The first-order chi connectivity index (χ1) is 5.12. The fourth-order valence-electron chi connectivity index (χ4n) is 0.409. The molecule has 11 heavy (non-hydrogen) atoms. The van der Waals surface area contributed by atoms with Crippen LogP contribution in [0.25, 0.3) is 0 Å². The molecule has 5 heteroatoms. The first-order valence-corrected chi connectivity index (χ1v) is 3.18. The minimum absolute atomic E-state index is 0.117. The molecule has 0 aliphatic heterocycles. The van der Waals surface area contributed by atoms with Crippen LogP contribution in [-0.4, -0.2) is 44.6 Å².